The van der Waals surface area contributed by atoms with Crippen LogP contribution in [0.25, 0.3) is 0 Å². The van der Waals surface area contributed by atoms with Crippen molar-refractivity contribution in [1.29, 1.82) is 0 Å². The molecule has 0 spiro atoms. The molecule has 0 unspecified atom stereocenters. The molecule has 0 radical (unpaired) electrons. The van der Waals surface area contributed by atoms with Gasteiger partial charge in [-0.2, -0.15) is 0 Å². The van der Waals surface area contributed by atoms with E-state index in [1.807, 2.05) is 30.0 Å². The number of likely N-dealkylation sites (tertiary alicyclic amines) is 1. The van der Waals surface area contributed by atoms with Crippen molar-refractivity contribution in [3.63, 3.8) is 0 Å². The largest absolute Gasteiger partial charge is 0.490 e. The SMILES string of the molecule is C[C@H](Nc1ccc2c(c1)OCCCO2)C(=O)N1[C@H](C)CCC[C@@H]1C. The highest BCUT2D eigenvalue weighted by Gasteiger charge is 2.31. The number of hydrogen-bond donors (Lipinski definition) is 1. The van der Waals surface area contributed by atoms with Gasteiger partial charge >= 0.3 is 0 Å². The number of rotatable bonds is 3. The van der Waals surface area contributed by atoms with E-state index in [2.05, 4.69) is 19.2 Å². The van der Waals surface area contributed by atoms with Crippen LogP contribution in [-0.2, 0) is 4.79 Å². The Bertz CT molecular complexity index is 580. The Morgan fingerprint density at radius 2 is 1.79 bits per heavy atom. The van der Waals surface area contributed by atoms with Crippen LogP contribution in [0.4, 0.5) is 5.69 Å². The zero-order chi connectivity index (χ0) is 17.1. The van der Waals surface area contributed by atoms with Crippen LogP contribution in [0.15, 0.2) is 18.2 Å². The maximum absolute atomic E-state index is 12.9. The molecular weight excluding hydrogens is 304 g/mol. The first-order valence-corrected chi connectivity index (χ1v) is 9.04. The van der Waals surface area contributed by atoms with Crippen LogP contribution in [0.3, 0.4) is 0 Å². The molecule has 1 aromatic rings. The summed E-state index contributed by atoms with van der Waals surface area (Å²) in [7, 11) is 0. The van der Waals surface area contributed by atoms with Crippen molar-refractivity contribution in [2.24, 2.45) is 0 Å². The molecule has 2 heterocycles. The average molecular weight is 332 g/mol. The number of piperidine rings is 1. The molecule has 0 bridgehead atoms. The molecule has 1 saturated heterocycles. The summed E-state index contributed by atoms with van der Waals surface area (Å²) in [4.78, 5) is 14.9. The fourth-order valence-corrected chi connectivity index (χ4v) is 3.64. The Kier molecular flexibility index (Phi) is 5.17. The highest BCUT2D eigenvalue weighted by atomic mass is 16.5. The predicted octanol–water partition coefficient (Wildman–Crippen LogP) is 3.44. The lowest BCUT2D eigenvalue weighted by molar-refractivity contribution is -0.137. The number of carbonyl (C=O) groups excluding carboxylic acids is 1. The van der Waals surface area contributed by atoms with Gasteiger partial charge in [-0.1, -0.05) is 0 Å². The van der Waals surface area contributed by atoms with E-state index in [0.29, 0.717) is 25.3 Å². The summed E-state index contributed by atoms with van der Waals surface area (Å²) in [6.45, 7) is 7.56. The molecule has 3 rings (SSSR count). The Labute approximate surface area is 144 Å². The highest BCUT2D eigenvalue weighted by molar-refractivity contribution is 5.85. The van der Waals surface area contributed by atoms with Crippen LogP contribution in [0.1, 0.15) is 46.5 Å². The molecule has 1 N–H and O–H groups in total. The standard InChI is InChI=1S/C19H28N2O3/c1-13-6-4-7-14(2)21(13)19(22)15(3)20-16-8-9-17-18(12-16)24-11-5-10-23-17/h8-9,12-15,20H,4-7,10-11H2,1-3H3/t13-,14+,15-/m0/s1. The molecule has 1 fully saturated rings. The van der Waals surface area contributed by atoms with Crippen molar-refractivity contribution in [1.82, 2.24) is 4.90 Å². The topological polar surface area (TPSA) is 50.8 Å². The number of fused-ring (bicyclic) bond motifs is 1. The van der Waals surface area contributed by atoms with Crippen molar-refractivity contribution in [3.05, 3.63) is 18.2 Å². The van der Waals surface area contributed by atoms with E-state index < -0.39 is 0 Å². The quantitative estimate of drug-likeness (QED) is 0.921. The molecule has 2 aliphatic rings. The van der Waals surface area contributed by atoms with Gasteiger partial charge in [0.2, 0.25) is 5.91 Å². The Morgan fingerprint density at radius 1 is 1.12 bits per heavy atom. The minimum absolute atomic E-state index is 0.168. The van der Waals surface area contributed by atoms with Crippen LogP contribution in [0.5, 0.6) is 11.5 Å². The minimum atomic E-state index is -0.266. The molecule has 5 nitrogen and oxygen atoms in total. The summed E-state index contributed by atoms with van der Waals surface area (Å²) < 4.78 is 11.4. The Balaban J connectivity index is 1.69. The summed E-state index contributed by atoms with van der Waals surface area (Å²) in [5.41, 5.74) is 0.886. The zero-order valence-corrected chi connectivity index (χ0v) is 14.9. The van der Waals surface area contributed by atoms with Gasteiger partial charge in [-0.25, -0.2) is 0 Å². The lowest BCUT2D eigenvalue weighted by atomic mass is 9.96. The number of amides is 1. The molecule has 0 aliphatic carbocycles. The van der Waals surface area contributed by atoms with E-state index in [0.717, 1.165) is 36.4 Å². The summed E-state index contributed by atoms with van der Waals surface area (Å²) in [5.74, 6) is 1.69. The molecule has 2 aliphatic heterocycles. The van der Waals surface area contributed by atoms with E-state index in [9.17, 15) is 4.79 Å². The van der Waals surface area contributed by atoms with Gasteiger partial charge in [0.25, 0.3) is 0 Å². The molecule has 3 atom stereocenters. The third kappa shape index (κ3) is 3.60. The number of nitrogens with one attached hydrogen (secondary N) is 1. The van der Waals surface area contributed by atoms with Crippen LogP contribution >= 0.6 is 0 Å². The Hall–Kier alpha value is -1.91. The average Bonchev–Trinajstić information content (AvgIpc) is 2.79. The van der Waals surface area contributed by atoms with E-state index in [4.69, 9.17) is 9.47 Å². The number of nitrogens with zero attached hydrogens (tertiary/aromatic N) is 1. The molecule has 24 heavy (non-hydrogen) atoms. The van der Waals surface area contributed by atoms with Gasteiger partial charge in [0, 0.05) is 30.3 Å². The van der Waals surface area contributed by atoms with Crippen LogP contribution in [-0.4, -0.2) is 42.1 Å². The number of carbonyl (C=O) groups is 1. The maximum Gasteiger partial charge on any atom is 0.245 e. The van der Waals surface area contributed by atoms with E-state index >= 15 is 0 Å². The number of anilines is 1. The minimum Gasteiger partial charge on any atom is -0.490 e. The van der Waals surface area contributed by atoms with Crippen molar-refractivity contribution in [2.75, 3.05) is 18.5 Å². The fourth-order valence-electron chi connectivity index (χ4n) is 3.64. The van der Waals surface area contributed by atoms with Gasteiger partial charge in [0.05, 0.1) is 13.2 Å². The third-order valence-corrected chi connectivity index (χ3v) is 4.95. The van der Waals surface area contributed by atoms with Crippen LogP contribution in [0.2, 0.25) is 0 Å². The molecule has 1 aromatic carbocycles. The van der Waals surface area contributed by atoms with Gasteiger partial charge in [-0.3, -0.25) is 4.79 Å². The van der Waals surface area contributed by atoms with Gasteiger partial charge in [-0.15, -0.1) is 0 Å². The molecule has 0 saturated carbocycles. The summed E-state index contributed by atoms with van der Waals surface area (Å²) >= 11 is 0. The monoisotopic (exact) mass is 332 g/mol. The van der Waals surface area contributed by atoms with Gasteiger partial charge in [-0.05, 0) is 52.2 Å². The molecule has 132 valence electrons. The number of hydrogen-bond acceptors (Lipinski definition) is 4. The van der Waals surface area contributed by atoms with Gasteiger partial charge in [0.1, 0.15) is 6.04 Å². The van der Waals surface area contributed by atoms with Crippen molar-refractivity contribution < 1.29 is 14.3 Å². The second-order valence-corrected chi connectivity index (χ2v) is 6.95. The molecule has 5 heteroatoms. The van der Waals surface area contributed by atoms with Crippen LogP contribution < -0.4 is 14.8 Å². The predicted molar refractivity (Wildman–Crippen MR) is 94.8 cm³/mol. The second kappa shape index (κ2) is 7.32. The van der Waals surface area contributed by atoms with Crippen molar-refractivity contribution in [2.45, 2.75) is 64.6 Å². The summed E-state index contributed by atoms with van der Waals surface area (Å²) in [6, 6.07) is 6.14. The highest BCUT2D eigenvalue weighted by Crippen LogP contribution is 2.32. The van der Waals surface area contributed by atoms with Gasteiger partial charge < -0.3 is 19.7 Å². The first-order valence-electron chi connectivity index (χ1n) is 9.04. The van der Waals surface area contributed by atoms with E-state index in [-0.39, 0.29) is 11.9 Å². The second-order valence-electron chi connectivity index (χ2n) is 6.95. The molecular formula is C19H28N2O3. The van der Waals surface area contributed by atoms with Crippen molar-refractivity contribution in [3.8, 4) is 11.5 Å². The van der Waals surface area contributed by atoms with Gasteiger partial charge in [0.15, 0.2) is 11.5 Å². The molecule has 0 aromatic heterocycles. The zero-order valence-electron chi connectivity index (χ0n) is 14.9. The third-order valence-electron chi connectivity index (χ3n) is 4.95. The summed E-state index contributed by atoms with van der Waals surface area (Å²) in [5, 5.41) is 3.32. The number of benzene rings is 1. The van der Waals surface area contributed by atoms with E-state index in [1.54, 1.807) is 0 Å². The maximum atomic E-state index is 12.9. The molecule has 1 amide bonds. The van der Waals surface area contributed by atoms with Crippen molar-refractivity contribution >= 4 is 11.6 Å². The fraction of sp³-hybridized carbons (Fsp3) is 0.632. The first-order chi connectivity index (χ1) is 11.6. The van der Waals surface area contributed by atoms with E-state index in [1.165, 1.54) is 6.42 Å². The smallest absolute Gasteiger partial charge is 0.245 e. The number of ether oxygens (including phenoxy) is 2. The normalized spacial score (nSPS) is 24.9. The lowest BCUT2D eigenvalue weighted by Gasteiger charge is -2.40. The lowest BCUT2D eigenvalue weighted by Crippen LogP contribution is -2.52. The summed E-state index contributed by atoms with van der Waals surface area (Å²) in [6.07, 6.45) is 4.27. The Morgan fingerprint density at radius 3 is 2.50 bits per heavy atom. The first kappa shape index (κ1) is 16.9. The van der Waals surface area contributed by atoms with Crippen LogP contribution in [0, 0.1) is 0 Å².